The van der Waals surface area contributed by atoms with Gasteiger partial charge < -0.3 is 4.74 Å². The molecule has 1 saturated heterocycles. The molecule has 0 unspecified atom stereocenters. The number of fused-ring (bicyclic) bond motifs is 2. The molecule has 1 nitrogen and oxygen atoms in total. The van der Waals surface area contributed by atoms with Gasteiger partial charge in [0.05, 0.1) is 10.9 Å². The molecule has 2 aliphatic rings. The van der Waals surface area contributed by atoms with Crippen LogP contribution >= 0.6 is 11.8 Å². The van der Waals surface area contributed by atoms with E-state index in [1.165, 1.54) is 10.5 Å². The standard InChI is InChI=1S/C20H26OS/c1-4-11-19-13-14-20(21-19,12-5-2)18(16(3)15-19)22-17-9-7-6-8-10-17/h6-10,13-14,18H,3-5,11-12,15H2,1-2H3/t18-,19+,20-/m1/s1. The number of thioether (sulfide) groups is 1. The van der Waals surface area contributed by atoms with Gasteiger partial charge in [-0.25, -0.2) is 0 Å². The first-order valence-corrected chi connectivity index (χ1v) is 9.31. The third-order valence-corrected chi connectivity index (χ3v) is 6.23. The lowest BCUT2D eigenvalue weighted by Crippen LogP contribution is -2.50. The van der Waals surface area contributed by atoms with Crippen molar-refractivity contribution >= 4 is 11.8 Å². The van der Waals surface area contributed by atoms with E-state index in [2.05, 4.69) is 62.9 Å². The van der Waals surface area contributed by atoms with Crippen LogP contribution in [0.15, 0.2) is 59.5 Å². The highest BCUT2D eigenvalue weighted by Crippen LogP contribution is 2.54. The van der Waals surface area contributed by atoms with Gasteiger partial charge in [-0.3, -0.25) is 0 Å². The second-order valence-corrected chi connectivity index (χ2v) is 7.78. The Balaban J connectivity index is 1.89. The van der Waals surface area contributed by atoms with E-state index in [1.807, 2.05) is 11.8 Å². The predicted octanol–water partition coefficient (Wildman–Crippen LogP) is 5.77. The largest absolute Gasteiger partial charge is 0.359 e. The topological polar surface area (TPSA) is 9.23 Å². The minimum Gasteiger partial charge on any atom is -0.359 e. The molecule has 22 heavy (non-hydrogen) atoms. The van der Waals surface area contributed by atoms with Gasteiger partial charge in [0.2, 0.25) is 0 Å². The van der Waals surface area contributed by atoms with Crippen molar-refractivity contribution < 1.29 is 4.74 Å². The zero-order valence-corrected chi connectivity index (χ0v) is 14.5. The fourth-order valence-corrected chi connectivity index (χ4v) is 5.20. The molecule has 0 spiro atoms. The van der Waals surface area contributed by atoms with Crippen LogP contribution < -0.4 is 0 Å². The van der Waals surface area contributed by atoms with E-state index in [4.69, 9.17) is 4.74 Å². The van der Waals surface area contributed by atoms with Crippen molar-refractivity contribution in [3.63, 3.8) is 0 Å². The molecule has 0 aromatic heterocycles. The highest BCUT2D eigenvalue weighted by Gasteiger charge is 2.54. The Kier molecular flexibility index (Phi) is 4.52. The van der Waals surface area contributed by atoms with Crippen LogP contribution in [0, 0.1) is 0 Å². The van der Waals surface area contributed by atoms with Crippen LogP contribution in [0.3, 0.4) is 0 Å². The molecule has 3 atom stereocenters. The van der Waals surface area contributed by atoms with Crippen LogP contribution in [-0.4, -0.2) is 16.5 Å². The van der Waals surface area contributed by atoms with Gasteiger partial charge in [0.25, 0.3) is 0 Å². The summed E-state index contributed by atoms with van der Waals surface area (Å²) in [6.07, 6.45) is 10.1. The van der Waals surface area contributed by atoms with Crippen molar-refractivity contribution in [2.75, 3.05) is 0 Å². The normalized spacial score (nSPS) is 33.4. The molecule has 1 fully saturated rings. The number of rotatable bonds is 6. The molecule has 2 heteroatoms. The van der Waals surface area contributed by atoms with Crippen LogP contribution in [0.1, 0.15) is 46.0 Å². The maximum atomic E-state index is 6.72. The number of hydrogen-bond donors (Lipinski definition) is 0. The Morgan fingerprint density at radius 3 is 2.55 bits per heavy atom. The van der Waals surface area contributed by atoms with Crippen LogP contribution in [0.2, 0.25) is 0 Å². The van der Waals surface area contributed by atoms with E-state index in [0.717, 1.165) is 32.1 Å². The molecule has 0 radical (unpaired) electrons. The van der Waals surface area contributed by atoms with Gasteiger partial charge in [0, 0.05) is 11.3 Å². The Hall–Kier alpha value is -0.990. The fraction of sp³-hybridized carbons (Fsp3) is 0.500. The molecule has 0 N–H and O–H groups in total. The Morgan fingerprint density at radius 2 is 1.86 bits per heavy atom. The second kappa shape index (κ2) is 6.25. The van der Waals surface area contributed by atoms with E-state index in [0.29, 0.717) is 5.25 Å². The average Bonchev–Trinajstić information content (AvgIpc) is 2.81. The number of ether oxygens (including phenoxy) is 1. The van der Waals surface area contributed by atoms with Crippen LogP contribution in [0.4, 0.5) is 0 Å². The van der Waals surface area contributed by atoms with Gasteiger partial charge in [0.15, 0.2) is 0 Å². The van der Waals surface area contributed by atoms with Crippen LogP contribution in [0.5, 0.6) is 0 Å². The van der Waals surface area contributed by atoms with E-state index in [1.54, 1.807) is 0 Å². The molecule has 0 saturated carbocycles. The van der Waals surface area contributed by atoms with Crippen molar-refractivity contribution in [1.82, 2.24) is 0 Å². The van der Waals surface area contributed by atoms with Crippen LogP contribution in [0.25, 0.3) is 0 Å². The van der Waals surface area contributed by atoms with Gasteiger partial charge in [-0.1, -0.05) is 69.2 Å². The molecule has 2 heterocycles. The summed E-state index contributed by atoms with van der Waals surface area (Å²) in [4.78, 5) is 1.30. The average molecular weight is 314 g/mol. The van der Waals surface area contributed by atoms with E-state index >= 15 is 0 Å². The molecule has 1 aromatic carbocycles. The lowest BCUT2D eigenvalue weighted by Gasteiger charge is -2.47. The van der Waals surface area contributed by atoms with E-state index in [-0.39, 0.29) is 11.2 Å². The predicted molar refractivity (Wildman–Crippen MR) is 95.3 cm³/mol. The fourth-order valence-electron chi connectivity index (χ4n) is 3.92. The molecule has 2 aliphatic heterocycles. The monoisotopic (exact) mass is 314 g/mol. The van der Waals surface area contributed by atoms with Crippen molar-refractivity contribution in [2.24, 2.45) is 0 Å². The van der Waals surface area contributed by atoms with Crippen molar-refractivity contribution in [3.8, 4) is 0 Å². The smallest absolute Gasteiger partial charge is 0.103 e. The zero-order chi connectivity index (χ0) is 15.6. The third kappa shape index (κ3) is 2.79. The Labute approximate surface area is 138 Å². The van der Waals surface area contributed by atoms with Gasteiger partial charge in [0.1, 0.15) is 5.60 Å². The quantitative estimate of drug-likeness (QED) is 0.616. The summed E-state index contributed by atoms with van der Waals surface area (Å²) >= 11 is 1.91. The molecular formula is C20H26OS. The first-order valence-electron chi connectivity index (χ1n) is 8.43. The number of benzene rings is 1. The van der Waals surface area contributed by atoms with Crippen molar-refractivity contribution in [1.29, 1.82) is 0 Å². The molecule has 2 bridgehead atoms. The lowest BCUT2D eigenvalue weighted by molar-refractivity contribution is -0.110. The maximum Gasteiger partial charge on any atom is 0.103 e. The molecular weight excluding hydrogens is 288 g/mol. The third-order valence-electron chi connectivity index (χ3n) is 4.71. The first kappa shape index (κ1) is 15.9. The van der Waals surface area contributed by atoms with Crippen molar-refractivity contribution in [2.45, 2.75) is 67.3 Å². The number of hydrogen-bond acceptors (Lipinski definition) is 2. The summed E-state index contributed by atoms with van der Waals surface area (Å²) in [6, 6.07) is 10.6. The zero-order valence-electron chi connectivity index (χ0n) is 13.7. The summed E-state index contributed by atoms with van der Waals surface area (Å²) in [5.41, 5.74) is 1.08. The molecule has 3 rings (SSSR count). The van der Waals surface area contributed by atoms with Gasteiger partial charge in [-0.05, 0) is 25.0 Å². The van der Waals surface area contributed by atoms with E-state index in [9.17, 15) is 0 Å². The molecule has 1 aromatic rings. The summed E-state index contributed by atoms with van der Waals surface area (Å²) in [5, 5.41) is 0.318. The summed E-state index contributed by atoms with van der Waals surface area (Å²) in [6.45, 7) is 8.93. The highest BCUT2D eigenvalue weighted by molar-refractivity contribution is 8.00. The highest BCUT2D eigenvalue weighted by atomic mass is 32.2. The Morgan fingerprint density at radius 1 is 1.14 bits per heavy atom. The molecule has 0 amide bonds. The summed E-state index contributed by atoms with van der Waals surface area (Å²) in [5.74, 6) is 0. The van der Waals surface area contributed by atoms with Gasteiger partial charge in [-0.2, -0.15) is 0 Å². The molecule has 118 valence electrons. The molecule has 0 aliphatic carbocycles. The SMILES string of the molecule is C=C1C[C@]2(CCC)C=C[C@@](CCC)(O2)[C@@H]1Sc1ccccc1. The van der Waals surface area contributed by atoms with Gasteiger partial charge in [-0.15, -0.1) is 11.8 Å². The Bertz CT molecular complexity index is 564. The lowest BCUT2D eigenvalue weighted by atomic mass is 9.83. The maximum absolute atomic E-state index is 6.72. The van der Waals surface area contributed by atoms with Gasteiger partial charge >= 0.3 is 0 Å². The second-order valence-electron chi connectivity index (χ2n) is 6.60. The first-order chi connectivity index (χ1) is 10.6. The summed E-state index contributed by atoms with van der Waals surface area (Å²) < 4.78 is 6.72. The van der Waals surface area contributed by atoms with Crippen molar-refractivity contribution in [3.05, 3.63) is 54.6 Å². The van der Waals surface area contributed by atoms with E-state index < -0.39 is 0 Å². The van der Waals surface area contributed by atoms with Crippen LogP contribution in [-0.2, 0) is 4.74 Å². The minimum absolute atomic E-state index is 0.0885. The summed E-state index contributed by atoms with van der Waals surface area (Å²) in [7, 11) is 0. The minimum atomic E-state index is -0.167.